The summed E-state index contributed by atoms with van der Waals surface area (Å²) >= 11 is 1.63. The Morgan fingerprint density at radius 1 is 1.29 bits per heavy atom. The number of nitrogens with one attached hydrogen (secondary N) is 1. The van der Waals surface area contributed by atoms with Gasteiger partial charge in [0.25, 0.3) is 0 Å². The Labute approximate surface area is 127 Å². The number of benzene rings is 1. The Morgan fingerprint density at radius 2 is 2.10 bits per heavy atom. The molecular weight excluding hydrogens is 290 g/mol. The summed E-state index contributed by atoms with van der Waals surface area (Å²) in [5.41, 5.74) is 1.48. The van der Waals surface area contributed by atoms with Crippen molar-refractivity contribution in [1.29, 1.82) is 0 Å². The Bertz CT molecular complexity index is 616. The molecule has 5 heteroatoms. The van der Waals surface area contributed by atoms with Crippen LogP contribution in [0.5, 0.6) is 0 Å². The highest BCUT2D eigenvalue weighted by molar-refractivity contribution is 7.11. The summed E-state index contributed by atoms with van der Waals surface area (Å²) in [7, 11) is 0. The van der Waals surface area contributed by atoms with Gasteiger partial charge in [-0.05, 0) is 38.3 Å². The lowest BCUT2D eigenvalue weighted by molar-refractivity contribution is 0.482. The summed E-state index contributed by atoms with van der Waals surface area (Å²) < 4.78 is 27.6. The maximum Gasteiger partial charge on any atom is 0.164 e. The van der Waals surface area contributed by atoms with Gasteiger partial charge in [0.2, 0.25) is 0 Å². The van der Waals surface area contributed by atoms with Gasteiger partial charge in [-0.25, -0.2) is 13.8 Å². The summed E-state index contributed by atoms with van der Waals surface area (Å²) in [5, 5.41) is 4.07. The van der Waals surface area contributed by atoms with E-state index >= 15 is 0 Å². The fourth-order valence-electron chi connectivity index (χ4n) is 2.77. The standard InChI is InChI=1S/C16H18F2N2S/c1-2-19-15(10-6-5-7-11(17)14(10)18)16-20-12-8-3-4-9-13(12)21-16/h5-7,15,19H,2-4,8-9H2,1H3. The zero-order chi connectivity index (χ0) is 14.8. The molecule has 0 saturated carbocycles. The van der Waals surface area contributed by atoms with E-state index in [1.165, 1.54) is 11.3 Å². The Balaban J connectivity index is 2.01. The number of aryl methyl sites for hydroxylation is 2. The quantitative estimate of drug-likeness (QED) is 0.923. The first-order valence-corrected chi connectivity index (χ1v) is 8.18. The van der Waals surface area contributed by atoms with E-state index in [0.29, 0.717) is 12.1 Å². The monoisotopic (exact) mass is 308 g/mol. The topological polar surface area (TPSA) is 24.9 Å². The first-order valence-electron chi connectivity index (χ1n) is 7.36. The van der Waals surface area contributed by atoms with Crippen LogP contribution in [0.25, 0.3) is 0 Å². The van der Waals surface area contributed by atoms with Crippen molar-refractivity contribution in [3.63, 3.8) is 0 Å². The number of fused-ring (bicyclic) bond motifs is 1. The van der Waals surface area contributed by atoms with Gasteiger partial charge in [-0.2, -0.15) is 0 Å². The Kier molecular flexibility index (Phi) is 4.31. The van der Waals surface area contributed by atoms with Crippen LogP contribution in [0, 0.1) is 11.6 Å². The molecule has 0 bridgehead atoms. The number of thiazole rings is 1. The highest BCUT2D eigenvalue weighted by Crippen LogP contribution is 2.33. The van der Waals surface area contributed by atoms with Gasteiger partial charge in [-0.1, -0.05) is 19.1 Å². The number of hydrogen-bond donors (Lipinski definition) is 1. The smallest absolute Gasteiger partial charge is 0.164 e. The summed E-state index contributed by atoms with van der Waals surface area (Å²) in [6.07, 6.45) is 4.40. The Morgan fingerprint density at radius 3 is 2.86 bits per heavy atom. The van der Waals surface area contributed by atoms with Crippen LogP contribution >= 0.6 is 11.3 Å². The van der Waals surface area contributed by atoms with E-state index < -0.39 is 11.6 Å². The SMILES string of the molecule is CCNC(c1nc2c(s1)CCCC2)c1cccc(F)c1F. The second-order valence-electron chi connectivity index (χ2n) is 5.26. The minimum Gasteiger partial charge on any atom is -0.304 e. The second kappa shape index (κ2) is 6.20. The highest BCUT2D eigenvalue weighted by atomic mass is 32.1. The molecule has 0 amide bonds. The van der Waals surface area contributed by atoms with E-state index in [2.05, 4.69) is 10.3 Å². The van der Waals surface area contributed by atoms with Crippen molar-refractivity contribution in [2.75, 3.05) is 6.54 Å². The van der Waals surface area contributed by atoms with Gasteiger partial charge in [-0.15, -0.1) is 11.3 Å². The maximum atomic E-state index is 14.1. The molecule has 2 nitrogen and oxygen atoms in total. The lowest BCUT2D eigenvalue weighted by atomic mass is 10.0. The van der Waals surface area contributed by atoms with E-state index in [-0.39, 0.29) is 6.04 Å². The van der Waals surface area contributed by atoms with Gasteiger partial charge in [-0.3, -0.25) is 0 Å². The zero-order valence-corrected chi connectivity index (χ0v) is 12.8. The average Bonchev–Trinajstić information content (AvgIpc) is 2.91. The fourth-order valence-corrected chi connectivity index (χ4v) is 4.02. The van der Waals surface area contributed by atoms with E-state index in [1.807, 2.05) is 6.92 Å². The normalized spacial score (nSPS) is 15.8. The molecule has 112 valence electrons. The predicted octanol–water partition coefficient (Wildman–Crippen LogP) is 4.00. The molecule has 1 aromatic carbocycles. The van der Waals surface area contributed by atoms with Crippen LogP contribution in [0.3, 0.4) is 0 Å². The van der Waals surface area contributed by atoms with Crippen LogP contribution in [0.15, 0.2) is 18.2 Å². The number of halogens is 2. The second-order valence-corrected chi connectivity index (χ2v) is 6.38. The van der Waals surface area contributed by atoms with Crippen molar-refractivity contribution in [2.24, 2.45) is 0 Å². The molecule has 0 aliphatic heterocycles. The number of aromatic nitrogens is 1. The van der Waals surface area contributed by atoms with Crippen LogP contribution in [0.1, 0.15) is 46.9 Å². The predicted molar refractivity (Wildman–Crippen MR) is 80.6 cm³/mol. The first kappa shape index (κ1) is 14.6. The molecule has 0 radical (unpaired) electrons. The van der Waals surface area contributed by atoms with Gasteiger partial charge in [0.1, 0.15) is 5.01 Å². The average molecular weight is 308 g/mol. The molecule has 1 unspecified atom stereocenters. The molecule has 1 aliphatic rings. The summed E-state index contributed by atoms with van der Waals surface area (Å²) in [5.74, 6) is -1.59. The molecule has 0 fully saturated rings. The lowest BCUT2D eigenvalue weighted by Crippen LogP contribution is -2.23. The van der Waals surface area contributed by atoms with Crippen molar-refractivity contribution in [3.05, 3.63) is 51.0 Å². The minimum absolute atomic E-state index is 0.336. The first-order chi connectivity index (χ1) is 10.2. The van der Waals surface area contributed by atoms with Crippen molar-refractivity contribution in [1.82, 2.24) is 10.3 Å². The third-order valence-electron chi connectivity index (χ3n) is 3.81. The van der Waals surface area contributed by atoms with Crippen LogP contribution in [0.4, 0.5) is 8.78 Å². The molecule has 2 aromatic rings. The lowest BCUT2D eigenvalue weighted by Gasteiger charge is -2.16. The van der Waals surface area contributed by atoms with Crippen molar-refractivity contribution < 1.29 is 8.78 Å². The molecule has 1 atom stereocenters. The fraction of sp³-hybridized carbons (Fsp3) is 0.438. The largest absolute Gasteiger partial charge is 0.304 e. The third-order valence-corrected chi connectivity index (χ3v) is 5.03. The van der Waals surface area contributed by atoms with Gasteiger partial charge >= 0.3 is 0 Å². The number of rotatable bonds is 4. The van der Waals surface area contributed by atoms with Gasteiger partial charge in [0.05, 0.1) is 11.7 Å². The molecule has 3 rings (SSSR count). The number of hydrogen-bond acceptors (Lipinski definition) is 3. The van der Waals surface area contributed by atoms with E-state index in [1.54, 1.807) is 23.5 Å². The van der Waals surface area contributed by atoms with Gasteiger partial charge < -0.3 is 5.32 Å². The zero-order valence-electron chi connectivity index (χ0n) is 12.0. The van der Waals surface area contributed by atoms with Crippen LogP contribution in [-0.4, -0.2) is 11.5 Å². The van der Waals surface area contributed by atoms with E-state index in [0.717, 1.165) is 36.0 Å². The third kappa shape index (κ3) is 2.85. The Hall–Kier alpha value is -1.33. The van der Waals surface area contributed by atoms with Crippen LogP contribution < -0.4 is 5.32 Å². The molecule has 21 heavy (non-hydrogen) atoms. The summed E-state index contributed by atoms with van der Waals surface area (Å²) in [6.45, 7) is 2.63. The minimum atomic E-state index is -0.809. The van der Waals surface area contributed by atoms with Crippen LogP contribution in [-0.2, 0) is 12.8 Å². The molecule has 0 spiro atoms. The molecule has 1 N–H and O–H groups in total. The molecular formula is C16H18F2N2S. The van der Waals surface area contributed by atoms with Crippen LogP contribution in [0.2, 0.25) is 0 Å². The molecule has 1 aliphatic carbocycles. The van der Waals surface area contributed by atoms with Crippen molar-refractivity contribution in [3.8, 4) is 0 Å². The van der Waals surface area contributed by atoms with Gasteiger partial charge in [0, 0.05) is 10.4 Å². The highest BCUT2D eigenvalue weighted by Gasteiger charge is 2.24. The van der Waals surface area contributed by atoms with Crippen molar-refractivity contribution in [2.45, 2.75) is 38.6 Å². The molecule has 1 aromatic heterocycles. The van der Waals surface area contributed by atoms with Crippen molar-refractivity contribution >= 4 is 11.3 Å². The number of nitrogens with zero attached hydrogens (tertiary/aromatic N) is 1. The van der Waals surface area contributed by atoms with E-state index in [4.69, 9.17) is 0 Å². The summed E-state index contributed by atoms with van der Waals surface area (Å²) in [4.78, 5) is 5.99. The maximum absolute atomic E-state index is 14.1. The molecule has 0 saturated heterocycles. The van der Waals surface area contributed by atoms with E-state index in [9.17, 15) is 8.78 Å². The van der Waals surface area contributed by atoms with Gasteiger partial charge in [0.15, 0.2) is 11.6 Å². The molecule has 1 heterocycles. The summed E-state index contributed by atoms with van der Waals surface area (Å²) in [6, 6.07) is 3.95.